The second kappa shape index (κ2) is 50.7. The summed E-state index contributed by atoms with van der Waals surface area (Å²) in [6.45, 7) is 0. The molecule has 0 aliphatic rings. The van der Waals surface area contributed by atoms with Crippen molar-refractivity contribution in [2.75, 3.05) is 0 Å². The molecule has 0 heterocycles. The van der Waals surface area contributed by atoms with Gasteiger partial charge in [-0.3, -0.25) is 4.70 Å². The molecule has 0 aliphatic heterocycles. The zero-order chi connectivity index (χ0) is 0. The molecule has 6 heavy (non-hydrogen) atoms. The number of hydrogen-bond donors (Lipinski definition) is 0. The van der Waals surface area contributed by atoms with Crippen molar-refractivity contribution in [3.63, 3.8) is 0 Å². The van der Waals surface area contributed by atoms with Gasteiger partial charge in [-0.25, -0.2) is 0 Å². The van der Waals surface area contributed by atoms with Crippen LogP contribution in [0.15, 0.2) is 0 Å². The van der Waals surface area contributed by atoms with Crippen LogP contribution in [0.4, 0.5) is 4.70 Å². The van der Waals surface area contributed by atoms with Crippen molar-refractivity contribution in [2.24, 2.45) is 0 Å². The second-order valence-electron chi connectivity index (χ2n) is 0. The fraction of sp³-hybridized carbons (Fsp3) is 0. The van der Waals surface area contributed by atoms with E-state index in [1.165, 1.54) is 0 Å². The van der Waals surface area contributed by atoms with Gasteiger partial charge in [0, 0.05) is 0 Å². The van der Waals surface area contributed by atoms with Crippen LogP contribution in [-0.4, -0.2) is 0 Å². The van der Waals surface area contributed by atoms with E-state index < -0.39 is 0 Å². The standard InChI is InChI=1S/Eu.FH.3O.Y/h;1H;;;;/q+3;;3*-2;+3. The summed E-state index contributed by atoms with van der Waals surface area (Å²) in [5, 5.41) is 0. The molecule has 0 radical (unpaired) electrons. The molecule has 0 aromatic heterocycles. The van der Waals surface area contributed by atoms with Gasteiger partial charge in [0.25, 0.3) is 0 Å². The Bertz CT molecular complexity index is 10.8. The molecule has 36 valence electrons. The summed E-state index contributed by atoms with van der Waals surface area (Å²) >= 11 is 0. The first-order chi connectivity index (χ1) is 0. The van der Waals surface area contributed by atoms with Gasteiger partial charge in [0.1, 0.15) is 0 Å². The van der Waals surface area contributed by atoms with Gasteiger partial charge in [0.2, 0.25) is 0 Å². The molecule has 0 N–H and O–H groups in total. The van der Waals surface area contributed by atoms with Gasteiger partial charge in [-0.15, -0.1) is 0 Å². The van der Waals surface area contributed by atoms with Crippen molar-refractivity contribution in [1.82, 2.24) is 0 Å². The summed E-state index contributed by atoms with van der Waals surface area (Å²) in [4.78, 5) is 0. The quantitative estimate of drug-likeness (QED) is 0.593. The molecule has 0 atom stereocenters. The van der Waals surface area contributed by atoms with E-state index >= 15 is 0 Å². The van der Waals surface area contributed by atoms with Crippen LogP contribution >= 0.6 is 0 Å². The first-order valence-corrected chi connectivity index (χ1v) is 0. The Labute approximate surface area is 101 Å². The Morgan fingerprint density at radius 1 is 0.667 bits per heavy atom. The van der Waals surface area contributed by atoms with Crippen molar-refractivity contribution < 1.29 is 103 Å². The van der Waals surface area contributed by atoms with E-state index in [0.717, 1.165) is 0 Å². The summed E-state index contributed by atoms with van der Waals surface area (Å²) in [5.41, 5.74) is 0. The number of hydrogen-bond acceptors (Lipinski definition) is 0. The average molecular weight is 309 g/mol. The van der Waals surface area contributed by atoms with Gasteiger partial charge >= 0.3 is 82.1 Å². The summed E-state index contributed by atoms with van der Waals surface area (Å²) in [6.07, 6.45) is 0. The van der Waals surface area contributed by atoms with Gasteiger partial charge in [-0.2, -0.15) is 0 Å². The van der Waals surface area contributed by atoms with Crippen molar-refractivity contribution in [1.29, 1.82) is 0 Å². The normalized spacial score (nSPS) is 0. The molecule has 0 amide bonds. The van der Waals surface area contributed by atoms with Crippen molar-refractivity contribution >= 4 is 0 Å². The minimum absolute atomic E-state index is 0. The SMILES string of the molecule is F.[Eu+3].[O-2].[O-2].[O-2].[Y+3]. The van der Waals surface area contributed by atoms with E-state index in [2.05, 4.69) is 0 Å². The van der Waals surface area contributed by atoms with Crippen LogP contribution in [0, 0.1) is 49.4 Å². The molecule has 0 saturated carbocycles. The smallest absolute Gasteiger partial charge is 2.00 e. The van der Waals surface area contributed by atoms with Crippen molar-refractivity contribution in [2.45, 2.75) is 0 Å². The second-order valence-corrected chi connectivity index (χ2v) is 0. The van der Waals surface area contributed by atoms with Crippen LogP contribution in [0.5, 0.6) is 0 Å². The molecular formula is HEuFO3Y. The first-order valence-electron chi connectivity index (χ1n) is 0. The maximum absolute atomic E-state index is 0. The fourth-order valence-electron chi connectivity index (χ4n) is 0. The Morgan fingerprint density at radius 2 is 0.667 bits per heavy atom. The third kappa shape index (κ3) is 31.5. The van der Waals surface area contributed by atoms with E-state index in [9.17, 15) is 0 Å². The van der Waals surface area contributed by atoms with Crippen molar-refractivity contribution in [3.05, 3.63) is 0 Å². The molecule has 0 aromatic rings. The minimum Gasteiger partial charge on any atom is -2.00 e. The molecule has 0 bridgehead atoms. The molecule has 3 nitrogen and oxygen atoms in total. The van der Waals surface area contributed by atoms with Crippen LogP contribution in [0.3, 0.4) is 0 Å². The third-order valence-corrected chi connectivity index (χ3v) is 0. The van der Waals surface area contributed by atoms with E-state index in [0.29, 0.717) is 0 Å². The van der Waals surface area contributed by atoms with E-state index in [4.69, 9.17) is 0 Å². The van der Waals surface area contributed by atoms with Crippen LogP contribution in [-0.2, 0) is 49.1 Å². The number of halogens is 1. The Kier molecular flexibility index (Phi) is 647. The zero-order valence-corrected chi connectivity index (χ0v) is 7.85. The van der Waals surface area contributed by atoms with Crippen molar-refractivity contribution in [3.8, 4) is 0 Å². The maximum Gasteiger partial charge on any atom is 3.00 e. The average Bonchev–Trinajstić information content (AvgIpc) is 0. The monoisotopic (exact) mass is 310 g/mol. The van der Waals surface area contributed by atoms with Gasteiger partial charge in [-0.05, 0) is 0 Å². The summed E-state index contributed by atoms with van der Waals surface area (Å²) in [5.74, 6) is 0. The molecular weight excluding hydrogens is 308 g/mol. The van der Waals surface area contributed by atoms with E-state index in [1.807, 2.05) is 0 Å². The Morgan fingerprint density at radius 3 is 0.667 bits per heavy atom. The maximum atomic E-state index is 0. The zero-order valence-electron chi connectivity index (χ0n) is 2.59. The largest absolute Gasteiger partial charge is 3.00 e. The molecule has 6 heteroatoms. The third-order valence-electron chi connectivity index (χ3n) is 0. The van der Waals surface area contributed by atoms with Crippen LogP contribution < -0.4 is 0 Å². The minimum atomic E-state index is 0. The van der Waals surface area contributed by atoms with Gasteiger partial charge in [0.05, 0.1) is 0 Å². The first kappa shape index (κ1) is 76.6. The molecule has 0 unspecified atom stereocenters. The van der Waals surface area contributed by atoms with Gasteiger partial charge in [-0.1, -0.05) is 0 Å². The predicted molar refractivity (Wildman–Crippen MR) is 4.56 cm³/mol. The van der Waals surface area contributed by atoms with E-state index in [-0.39, 0.29) is 103 Å². The van der Waals surface area contributed by atoms with E-state index in [1.54, 1.807) is 0 Å². The molecule has 0 saturated heterocycles. The van der Waals surface area contributed by atoms with Crippen LogP contribution in [0.2, 0.25) is 0 Å². The summed E-state index contributed by atoms with van der Waals surface area (Å²) < 4.78 is 0. The fourth-order valence-corrected chi connectivity index (χ4v) is 0. The van der Waals surface area contributed by atoms with Gasteiger partial charge < -0.3 is 16.4 Å². The Balaban J connectivity index is 0. The molecule has 0 fully saturated rings. The molecule has 0 rings (SSSR count). The molecule has 0 aliphatic carbocycles. The predicted octanol–water partition coefficient (Wildman–Crippen LogP) is -0.206. The van der Waals surface area contributed by atoms with Gasteiger partial charge in [0.15, 0.2) is 0 Å². The molecule has 0 spiro atoms. The number of rotatable bonds is 0. The summed E-state index contributed by atoms with van der Waals surface area (Å²) in [6, 6.07) is 0. The molecule has 0 aromatic carbocycles. The van der Waals surface area contributed by atoms with Crippen LogP contribution in [0.1, 0.15) is 0 Å². The topological polar surface area (TPSA) is 85.5 Å². The summed E-state index contributed by atoms with van der Waals surface area (Å²) in [7, 11) is 0. The van der Waals surface area contributed by atoms with Crippen LogP contribution in [0.25, 0.3) is 0 Å². The Hall–Kier alpha value is 2.50.